The van der Waals surface area contributed by atoms with Gasteiger partial charge in [0.15, 0.2) is 11.8 Å². The van der Waals surface area contributed by atoms with Gasteiger partial charge in [-0.25, -0.2) is 0 Å². The van der Waals surface area contributed by atoms with Crippen LogP contribution in [0.4, 0.5) is 0 Å². The van der Waals surface area contributed by atoms with Crippen LogP contribution in [0.3, 0.4) is 0 Å². The van der Waals surface area contributed by atoms with E-state index in [1.807, 2.05) is 4.90 Å². The number of carbonyl (C=O) groups excluding carboxylic acids is 3. The van der Waals surface area contributed by atoms with E-state index in [0.717, 1.165) is 24.1 Å². The third-order valence-corrected chi connectivity index (χ3v) is 7.08. The fourth-order valence-electron chi connectivity index (χ4n) is 4.75. The van der Waals surface area contributed by atoms with Gasteiger partial charge in [-0.1, -0.05) is 48.9 Å². The van der Waals surface area contributed by atoms with E-state index >= 15 is 0 Å². The summed E-state index contributed by atoms with van der Waals surface area (Å²) < 4.78 is 1.12. The van der Waals surface area contributed by atoms with E-state index in [2.05, 4.69) is 6.92 Å². The van der Waals surface area contributed by atoms with Crippen molar-refractivity contribution in [1.82, 2.24) is 14.4 Å². The molecule has 0 bridgehead atoms. The summed E-state index contributed by atoms with van der Waals surface area (Å²) in [6, 6.07) is 9.83. The second-order valence-corrected chi connectivity index (χ2v) is 9.99. The third-order valence-electron chi connectivity index (χ3n) is 6.86. The predicted octanol–water partition coefficient (Wildman–Crippen LogP) is 3.81. The second kappa shape index (κ2) is 11.2. The van der Waals surface area contributed by atoms with Gasteiger partial charge in [0.1, 0.15) is 0 Å². The van der Waals surface area contributed by atoms with E-state index in [1.54, 1.807) is 35.2 Å². The molecule has 1 aliphatic heterocycles. The number of amides is 2. The Balaban J connectivity index is 1.51. The highest BCUT2D eigenvalue weighted by Gasteiger charge is 2.37. The third kappa shape index (κ3) is 6.01. The van der Waals surface area contributed by atoms with Crippen molar-refractivity contribution in [3.8, 4) is 0 Å². The Morgan fingerprint density at radius 2 is 1.71 bits per heavy atom. The molecule has 7 nitrogen and oxygen atoms in total. The smallest absolute Gasteiger partial charge is 0.253 e. The zero-order valence-electron chi connectivity index (χ0n) is 20.1. The molecule has 0 radical (unpaired) electrons. The first-order valence-corrected chi connectivity index (χ1v) is 12.8. The maximum Gasteiger partial charge on any atom is 0.253 e. The number of hydrogen-bond acceptors (Lipinski definition) is 4. The highest BCUT2D eigenvalue weighted by Crippen LogP contribution is 2.31. The first-order valence-electron chi connectivity index (χ1n) is 12.4. The predicted molar refractivity (Wildman–Crippen MR) is 134 cm³/mol. The number of hydrogen-bond donors (Lipinski definition) is 0. The Kier molecular flexibility index (Phi) is 8.06. The van der Waals surface area contributed by atoms with Crippen LogP contribution >= 0.6 is 11.6 Å². The first-order chi connectivity index (χ1) is 16.9. The van der Waals surface area contributed by atoms with Crippen molar-refractivity contribution >= 4 is 29.2 Å². The van der Waals surface area contributed by atoms with Crippen LogP contribution in [-0.4, -0.2) is 58.1 Å². The number of ketones is 1. The topological polar surface area (TPSA) is 79.7 Å². The molecular formula is C27H32ClN3O4. The van der Waals surface area contributed by atoms with Crippen LogP contribution in [0.25, 0.3) is 0 Å². The van der Waals surface area contributed by atoms with E-state index in [1.165, 1.54) is 31.2 Å². The number of pyridine rings is 1. The molecular weight excluding hydrogens is 466 g/mol. The number of benzene rings is 1. The van der Waals surface area contributed by atoms with Crippen molar-refractivity contribution in [1.29, 1.82) is 0 Å². The largest absolute Gasteiger partial charge is 0.342 e. The average molecular weight is 498 g/mol. The van der Waals surface area contributed by atoms with Crippen LogP contribution in [0.1, 0.15) is 55.4 Å². The van der Waals surface area contributed by atoms with Gasteiger partial charge in [0, 0.05) is 49.9 Å². The lowest BCUT2D eigenvalue weighted by atomic mass is 9.93. The molecule has 2 aromatic rings. The Labute approximate surface area is 210 Å². The molecule has 1 aromatic carbocycles. The zero-order valence-corrected chi connectivity index (χ0v) is 20.8. The fourth-order valence-corrected chi connectivity index (χ4v) is 4.92. The normalized spacial score (nSPS) is 17.1. The van der Waals surface area contributed by atoms with Gasteiger partial charge >= 0.3 is 0 Å². The molecule has 2 fully saturated rings. The summed E-state index contributed by atoms with van der Waals surface area (Å²) in [6.45, 7) is 4.41. The van der Waals surface area contributed by atoms with Crippen molar-refractivity contribution in [3.63, 3.8) is 0 Å². The van der Waals surface area contributed by atoms with Crippen LogP contribution in [-0.2, 0) is 9.59 Å². The highest BCUT2D eigenvalue weighted by molar-refractivity contribution is 6.30. The summed E-state index contributed by atoms with van der Waals surface area (Å²) in [5, 5.41) is 0.263. The summed E-state index contributed by atoms with van der Waals surface area (Å²) in [5.41, 5.74) is -0.129. The minimum absolute atomic E-state index is 0.124. The summed E-state index contributed by atoms with van der Waals surface area (Å²) in [4.78, 5) is 56.5. The van der Waals surface area contributed by atoms with E-state index in [9.17, 15) is 19.2 Å². The first kappa shape index (κ1) is 25.2. The number of piperidine rings is 1. The minimum Gasteiger partial charge on any atom is -0.342 e. The summed E-state index contributed by atoms with van der Waals surface area (Å²) in [6.07, 6.45) is 5.75. The molecule has 4 rings (SSSR count). The number of rotatable bonds is 9. The van der Waals surface area contributed by atoms with Gasteiger partial charge < -0.3 is 9.80 Å². The van der Waals surface area contributed by atoms with Crippen molar-refractivity contribution in [2.45, 2.75) is 45.1 Å². The molecule has 2 aliphatic rings. The number of aromatic nitrogens is 1. The van der Waals surface area contributed by atoms with Crippen LogP contribution in [0.15, 0.2) is 53.5 Å². The quantitative estimate of drug-likeness (QED) is 0.390. The molecule has 8 heteroatoms. The lowest BCUT2D eigenvalue weighted by Gasteiger charge is -2.36. The summed E-state index contributed by atoms with van der Waals surface area (Å²) >= 11 is 6.11. The van der Waals surface area contributed by atoms with Gasteiger partial charge in [0.2, 0.25) is 5.91 Å². The van der Waals surface area contributed by atoms with E-state index < -0.39 is 23.3 Å². The molecule has 1 atom stereocenters. The number of halogens is 1. The number of Topliss-reactive ketones (excluding diaryl/α,β-unsaturated/α-hetero) is 1. The summed E-state index contributed by atoms with van der Waals surface area (Å²) in [5.74, 6) is -0.225. The minimum atomic E-state index is -1.35. The highest BCUT2D eigenvalue weighted by atomic mass is 35.5. The lowest BCUT2D eigenvalue weighted by Crippen LogP contribution is -2.49. The Morgan fingerprint density at radius 3 is 2.34 bits per heavy atom. The van der Waals surface area contributed by atoms with Crippen molar-refractivity contribution in [3.05, 3.63) is 69.6 Å². The molecule has 186 valence electrons. The Hall–Kier alpha value is -2.93. The maximum absolute atomic E-state index is 13.7. The van der Waals surface area contributed by atoms with Crippen molar-refractivity contribution in [2.24, 2.45) is 11.8 Å². The van der Waals surface area contributed by atoms with Crippen LogP contribution in [0, 0.1) is 11.8 Å². The second-order valence-electron chi connectivity index (χ2n) is 9.55. The maximum atomic E-state index is 13.7. The number of carbonyl (C=O) groups is 3. The molecule has 0 spiro atoms. The number of likely N-dealkylation sites (tertiary alicyclic amines) is 1. The van der Waals surface area contributed by atoms with Gasteiger partial charge in [-0.3, -0.25) is 23.7 Å². The SMILES string of the molecule is CCCN(CC1CC1)C(=O)C1CCN(C(=O)C(C(=O)c2ccccc2)n2cc(Cl)ccc2=O)CC1. The van der Waals surface area contributed by atoms with Crippen LogP contribution in [0.5, 0.6) is 0 Å². The molecule has 1 saturated carbocycles. The monoisotopic (exact) mass is 497 g/mol. The molecule has 1 saturated heterocycles. The Bertz CT molecular complexity index is 1120. The summed E-state index contributed by atoms with van der Waals surface area (Å²) in [7, 11) is 0. The molecule has 1 aliphatic carbocycles. The lowest BCUT2D eigenvalue weighted by molar-refractivity contribution is -0.141. The van der Waals surface area contributed by atoms with Gasteiger partial charge in [0.25, 0.3) is 11.5 Å². The van der Waals surface area contributed by atoms with E-state index in [4.69, 9.17) is 11.6 Å². The van der Waals surface area contributed by atoms with Crippen LogP contribution < -0.4 is 5.56 Å². The van der Waals surface area contributed by atoms with Crippen molar-refractivity contribution < 1.29 is 14.4 Å². The molecule has 1 unspecified atom stereocenters. The van der Waals surface area contributed by atoms with Gasteiger partial charge in [0.05, 0.1) is 5.02 Å². The van der Waals surface area contributed by atoms with Gasteiger partial charge in [-0.05, 0) is 44.1 Å². The van der Waals surface area contributed by atoms with E-state index in [-0.39, 0.29) is 16.8 Å². The fraction of sp³-hybridized carbons (Fsp3) is 0.481. The van der Waals surface area contributed by atoms with Gasteiger partial charge in [-0.15, -0.1) is 0 Å². The Morgan fingerprint density at radius 1 is 1.03 bits per heavy atom. The zero-order chi connectivity index (χ0) is 24.9. The standard InChI is InChI=1S/C27H32ClN3O4/c1-2-14-30(17-19-8-9-19)26(34)21-12-15-29(16-13-21)27(35)24(25(33)20-6-4-3-5-7-20)31-18-22(28)10-11-23(31)32/h3-7,10-11,18-19,21,24H,2,8-9,12-17H2,1H3. The van der Waals surface area contributed by atoms with Crippen molar-refractivity contribution in [2.75, 3.05) is 26.2 Å². The van der Waals surface area contributed by atoms with E-state index in [0.29, 0.717) is 37.4 Å². The number of nitrogens with zero attached hydrogens (tertiary/aromatic N) is 3. The average Bonchev–Trinajstić information content (AvgIpc) is 3.70. The molecule has 35 heavy (non-hydrogen) atoms. The molecule has 0 N–H and O–H groups in total. The molecule has 1 aromatic heterocycles. The van der Waals surface area contributed by atoms with Gasteiger partial charge in [-0.2, -0.15) is 0 Å². The van der Waals surface area contributed by atoms with Crippen LogP contribution in [0.2, 0.25) is 5.02 Å². The molecule has 2 heterocycles. The molecule has 2 amide bonds.